The second-order valence-electron chi connectivity index (χ2n) is 4.12. The van der Waals surface area contributed by atoms with Gasteiger partial charge in [-0.1, -0.05) is 22.4 Å². The topological polar surface area (TPSA) is 38.3 Å². The minimum atomic E-state index is 0.0798. The number of nitrogens with one attached hydrogen (secondary N) is 1. The fourth-order valence-electron chi connectivity index (χ4n) is 1.75. The molecule has 3 nitrogen and oxygen atoms in total. The smallest absolute Gasteiger partial charge is 0.225 e. The average Bonchev–Trinajstić information content (AvgIpc) is 2.64. The van der Waals surface area contributed by atoms with Gasteiger partial charge < -0.3 is 10.1 Å². The Balaban J connectivity index is 2.03. The Morgan fingerprint density at radius 2 is 2.27 bits per heavy atom. The van der Waals surface area contributed by atoms with Crippen LogP contribution >= 0.6 is 15.9 Å². The van der Waals surface area contributed by atoms with E-state index in [0.717, 1.165) is 24.7 Å². The molecule has 0 spiro atoms. The van der Waals surface area contributed by atoms with Crippen LogP contribution in [0.1, 0.15) is 32.6 Å². The molecule has 0 saturated carbocycles. The lowest BCUT2D eigenvalue weighted by Gasteiger charge is -2.08. The number of hydrogen-bond donors (Lipinski definition) is 1. The number of carbonyl (C=O) groups is 1. The fourth-order valence-corrected chi connectivity index (χ4v) is 2.15. The summed E-state index contributed by atoms with van der Waals surface area (Å²) in [7, 11) is 0. The lowest BCUT2D eigenvalue weighted by atomic mass is 10.1. The van der Waals surface area contributed by atoms with Crippen LogP contribution in [0.15, 0.2) is 0 Å². The van der Waals surface area contributed by atoms with Crippen LogP contribution in [0.3, 0.4) is 0 Å². The number of hydrogen-bond acceptors (Lipinski definition) is 2. The normalized spacial score (nSPS) is 25.5. The molecule has 2 unspecified atom stereocenters. The Labute approximate surface area is 100 Å². The van der Waals surface area contributed by atoms with Crippen molar-refractivity contribution in [1.29, 1.82) is 0 Å². The monoisotopic (exact) mass is 277 g/mol. The van der Waals surface area contributed by atoms with Gasteiger partial charge in [0.15, 0.2) is 0 Å². The molecule has 1 N–H and O–H groups in total. The van der Waals surface area contributed by atoms with E-state index in [4.69, 9.17) is 4.74 Å². The molecule has 1 fully saturated rings. The van der Waals surface area contributed by atoms with Crippen molar-refractivity contribution in [3.8, 4) is 0 Å². The average molecular weight is 278 g/mol. The molecule has 1 amide bonds. The Kier molecular flexibility index (Phi) is 6.25. The lowest BCUT2D eigenvalue weighted by Crippen LogP contribution is -2.31. The van der Waals surface area contributed by atoms with Gasteiger partial charge in [-0.15, -0.1) is 0 Å². The summed E-state index contributed by atoms with van der Waals surface area (Å²) in [4.78, 5) is 11.6. The molecule has 1 heterocycles. The second kappa shape index (κ2) is 7.23. The number of carbonyl (C=O) groups excluding carboxylic acids is 1. The molecule has 1 saturated heterocycles. The molecular weight excluding hydrogens is 258 g/mol. The zero-order valence-corrected chi connectivity index (χ0v) is 10.9. The van der Waals surface area contributed by atoms with E-state index < -0.39 is 0 Å². The van der Waals surface area contributed by atoms with Gasteiger partial charge >= 0.3 is 0 Å². The highest BCUT2D eigenvalue weighted by atomic mass is 79.9. The summed E-state index contributed by atoms with van der Waals surface area (Å²) < 4.78 is 5.36. The highest BCUT2D eigenvalue weighted by Gasteiger charge is 2.27. The summed E-state index contributed by atoms with van der Waals surface area (Å²) in [6, 6.07) is 0. The first-order valence-corrected chi connectivity index (χ1v) is 6.81. The Bertz CT molecular complexity index is 199. The summed E-state index contributed by atoms with van der Waals surface area (Å²) in [5, 5.41) is 4.02. The minimum absolute atomic E-state index is 0.0798. The second-order valence-corrected chi connectivity index (χ2v) is 4.91. The maximum absolute atomic E-state index is 11.6. The SMILES string of the molecule is CC1CC(C(=O)NCCCCCBr)CO1. The predicted molar refractivity (Wildman–Crippen MR) is 64.2 cm³/mol. The van der Waals surface area contributed by atoms with Crippen LogP contribution in [0, 0.1) is 5.92 Å². The molecule has 0 aromatic carbocycles. The van der Waals surface area contributed by atoms with E-state index in [2.05, 4.69) is 21.2 Å². The van der Waals surface area contributed by atoms with Crippen molar-refractivity contribution < 1.29 is 9.53 Å². The molecule has 1 rings (SSSR count). The highest BCUT2D eigenvalue weighted by molar-refractivity contribution is 9.09. The molecule has 4 heteroatoms. The Morgan fingerprint density at radius 3 is 2.87 bits per heavy atom. The van der Waals surface area contributed by atoms with Crippen molar-refractivity contribution in [2.75, 3.05) is 18.5 Å². The molecule has 0 aromatic rings. The fraction of sp³-hybridized carbons (Fsp3) is 0.909. The summed E-state index contributed by atoms with van der Waals surface area (Å²) in [5.41, 5.74) is 0. The van der Waals surface area contributed by atoms with Crippen LogP contribution < -0.4 is 5.32 Å². The number of ether oxygens (including phenoxy) is 1. The molecular formula is C11H20BrNO2. The van der Waals surface area contributed by atoms with Crippen molar-refractivity contribution in [2.24, 2.45) is 5.92 Å². The van der Waals surface area contributed by atoms with Gasteiger partial charge in [0.2, 0.25) is 5.91 Å². The predicted octanol–water partition coefficient (Wildman–Crippen LogP) is 2.09. The zero-order valence-electron chi connectivity index (χ0n) is 9.30. The van der Waals surface area contributed by atoms with E-state index in [-0.39, 0.29) is 17.9 Å². The molecule has 88 valence electrons. The van der Waals surface area contributed by atoms with Crippen molar-refractivity contribution in [1.82, 2.24) is 5.32 Å². The molecule has 1 aliphatic rings. The summed E-state index contributed by atoms with van der Waals surface area (Å²) in [5.74, 6) is 0.245. The lowest BCUT2D eigenvalue weighted by molar-refractivity contribution is -0.124. The van der Waals surface area contributed by atoms with Gasteiger partial charge in [0.1, 0.15) is 0 Å². The first-order valence-electron chi connectivity index (χ1n) is 5.69. The van der Waals surface area contributed by atoms with Gasteiger partial charge in [-0.2, -0.15) is 0 Å². The molecule has 0 aliphatic carbocycles. The van der Waals surface area contributed by atoms with Gasteiger partial charge in [0.05, 0.1) is 18.6 Å². The van der Waals surface area contributed by atoms with Gasteiger partial charge in [0.25, 0.3) is 0 Å². The van der Waals surface area contributed by atoms with Crippen molar-refractivity contribution in [3.63, 3.8) is 0 Å². The quantitative estimate of drug-likeness (QED) is 0.597. The van der Waals surface area contributed by atoms with Crippen molar-refractivity contribution >= 4 is 21.8 Å². The van der Waals surface area contributed by atoms with Crippen molar-refractivity contribution in [2.45, 2.75) is 38.7 Å². The van der Waals surface area contributed by atoms with Crippen LogP contribution in [0.25, 0.3) is 0 Å². The number of amides is 1. The first kappa shape index (κ1) is 13.0. The third kappa shape index (κ3) is 4.98. The molecule has 0 aromatic heterocycles. The van der Waals surface area contributed by atoms with Crippen molar-refractivity contribution in [3.05, 3.63) is 0 Å². The number of rotatable bonds is 6. The Hall–Kier alpha value is -0.0900. The van der Waals surface area contributed by atoms with Crippen LogP contribution in [0.2, 0.25) is 0 Å². The summed E-state index contributed by atoms with van der Waals surface area (Å²) in [6.45, 7) is 3.41. The van der Waals surface area contributed by atoms with Gasteiger partial charge in [-0.3, -0.25) is 4.79 Å². The summed E-state index contributed by atoms with van der Waals surface area (Å²) in [6.07, 6.45) is 4.53. The van der Waals surface area contributed by atoms with E-state index in [1.807, 2.05) is 6.92 Å². The zero-order chi connectivity index (χ0) is 11.1. The van der Waals surface area contributed by atoms with Crippen LogP contribution in [-0.2, 0) is 9.53 Å². The highest BCUT2D eigenvalue weighted by Crippen LogP contribution is 2.18. The molecule has 1 aliphatic heterocycles. The van der Waals surface area contributed by atoms with Crippen LogP contribution in [0.4, 0.5) is 0 Å². The van der Waals surface area contributed by atoms with E-state index in [9.17, 15) is 4.79 Å². The largest absolute Gasteiger partial charge is 0.378 e. The number of alkyl halides is 1. The van der Waals surface area contributed by atoms with Gasteiger partial charge in [-0.05, 0) is 26.2 Å². The van der Waals surface area contributed by atoms with Gasteiger partial charge in [0, 0.05) is 11.9 Å². The van der Waals surface area contributed by atoms with E-state index in [1.54, 1.807) is 0 Å². The maximum atomic E-state index is 11.6. The van der Waals surface area contributed by atoms with Gasteiger partial charge in [-0.25, -0.2) is 0 Å². The first-order chi connectivity index (χ1) is 7.24. The molecule has 0 radical (unpaired) electrons. The molecule has 2 atom stereocenters. The third-order valence-corrected chi connectivity index (χ3v) is 3.24. The number of halogens is 1. The third-order valence-electron chi connectivity index (χ3n) is 2.68. The van der Waals surface area contributed by atoms with Crippen LogP contribution in [0.5, 0.6) is 0 Å². The number of unbranched alkanes of at least 4 members (excludes halogenated alkanes) is 2. The summed E-state index contributed by atoms with van der Waals surface area (Å²) >= 11 is 3.39. The molecule has 0 bridgehead atoms. The van der Waals surface area contributed by atoms with E-state index in [1.165, 1.54) is 12.8 Å². The Morgan fingerprint density at radius 1 is 1.47 bits per heavy atom. The maximum Gasteiger partial charge on any atom is 0.225 e. The van der Waals surface area contributed by atoms with E-state index >= 15 is 0 Å². The standard InChI is InChI=1S/C11H20BrNO2/c1-9-7-10(8-15-9)11(14)13-6-4-2-3-5-12/h9-10H,2-8H2,1H3,(H,13,14). The van der Waals surface area contributed by atoms with E-state index in [0.29, 0.717) is 6.61 Å². The molecule has 15 heavy (non-hydrogen) atoms. The minimum Gasteiger partial charge on any atom is -0.378 e. The van der Waals surface area contributed by atoms with Crippen LogP contribution in [-0.4, -0.2) is 30.5 Å².